The van der Waals surface area contributed by atoms with Crippen molar-refractivity contribution in [1.82, 2.24) is 4.90 Å². The third-order valence-corrected chi connectivity index (χ3v) is 3.44. The van der Waals surface area contributed by atoms with Crippen molar-refractivity contribution in [2.24, 2.45) is 0 Å². The standard InChI is InChI=1S/C16H18ClNO/c1-18(11-14-9-5-6-10-15(14)17)12-16(19)13-7-3-2-4-8-13/h2-10,16,19H,11-12H2,1H3. The van der Waals surface area contributed by atoms with Crippen molar-refractivity contribution in [2.45, 2.75) is 12.6 Å². The number of hydrogen-bond donors (Lipinski definition) is 1. The highest BCUT2D eigenvalue weighted by atomic mass is 35.5. The summed E-state index contributed by atoms with van der Waals surface area (Å²) in [5, 5.41) is 10.9. The number of rotatable bonds is 5. The summed E-state index contributed by atoms with van der Waals surface area (Å²) in [5.41, 5.74) is 2.01. The van der Waals surface area contributed by atoms with E-state index >= 15 is 0 Å². The average Bonchev–Trinajstić information content (AvgIpc) is 2.42. The van der Waals surface area contributed by atoms with E-state index in [9.17, 15) is 5.11 Å². The molecule has 0 saturated heterocycles. The molecule has 100 valence electrons. The summed E-state index contributed by atoms with van der Waals surface area (Å²) >= 11 is 6.13. The number of likely N-dealkylation sites (N-methyl/N-ethyl adjacent to an activating group) is 1. The Morgan fingerprint density at radius 2 is 1.68 bits per heavy atom. The molecule has 0 radical (unpaired) electrons. The Bertz CT molecular complexity index is 515. The molecule has 1 atom stereocenters. The van der Waals surface area contributed by atoms with Gasteiger partial charge in [-0.25, -0.2) is 0 Å². The van der Waals surface area contributed by atoms with Crippen LogP contribution in [0.5, 0.6) is 0 Å². The fourth-order valence-electron chi connectivity index (χ4n) is 2.06. The molecule has 3 heteroatoms. The van der Waals surface area contributed by atoms with Gasteiger partial charge >= 0.3 is 0 Å². The van der Waals surface area contributed by atoms with Crippen LogP contribution in [0, 0.1) is 0 Å². The minimum Gasteiger partial charge on any atom is -0.387 e. The van der Waals surface area contributed by atoms with E-state index in [1.807, 2.05) is 61.6 Å². The van der Waals surface area contributed by atoms with Crippen LogP contribution in [-0.4, -0.2) is 23.6 Å². The molecule has 0 heterocycles. The summed E-state index contributed by atoms with van der Waals surface area (Å²) < 4.78 is 0. The van der Waals surface area contributed by atoms with Gasteiger partial charge in [0.25, 0.3) is 0 Å². The lowest BCUT2D eigenvalue weighted by Gasteiger charge is -2.21. The predicted molar refractivity (Wildman–Crippen MR) is 79.2 cm³/mol. The molecule has 0 saturated carbocycles. The van der Waals surface area contributed by atoms with Crippen molar-refractivity contribution in [3.63, 3.8) is 0 Å². The Kier molecular flexibility index (Phi) is 4.97. The van der Waals surface area contributed by atoms with Crippen molar-refractivity contribution in [2.75, 3.05) is 13.6 Å². The number of hydrogen-bond acceptors (Lipinski definition) is 2. The number of halogens is 1. The highest BCUT2D eigenvalue weighted by Crippen LogP contribution is 2.18. The van der Waals surface area contributed by atoms with E-state index in [2.05, 4.69) is 4.90 Å². The molecule has 0 aromatic heterocycles. The van der Waals surface area contributed by atoms with E-state index in [-0.39, 0.29) is 0 Å². The molecule has 2 nitrogen and oxygen atoms in total. The lowest BCUT2D eigenvalue weighted by Crippen LogP contribution is -2.24. The van der Waals surface area contributed by atoms with Crippen LogP contribution in [0.15, 0.2) is 54.6 Å². The van der Waals surface area contributed by atoms with Crippen LogP contribution >= 0.6 is 11.6 Å². The van der Waals surface area contributed by atoms with E-state index in [0.717, 1.165) is 22.7 Å². The first-order valence-electron chi connectivity index (χ1n) is 6.32. The molecule has 2 aromatic carbocycles. The van der Waals surface area contributed by atoms with Crippen LogP contribution in [0.2, 0.25) is 5.02 Å². The largest absolute Gasteiger partial charge is 0.387 e. The quantitative estimate of drug-likeness (QED) is 0.903. The maximum absolute atomic E-state index is 10.2. The van der Waals surface area contributed by atoms with Crippen molar-refractivity contribution in [3.8, 4) is 0 Å². The topological polar surface area (TPSA) is 23.5 Å². The molecule has 2 aromatic rings. The Labute approximate surface area is 119 Å². The number of aliphatic hydroxyl groups is 1. The fraction of sp³-hybridized carbons (Fsp3) is 0.250. The van der Waals surface area contributed by atoms with Gasteiger partial charge in [0.2, 0.25) is 0 Å². The Balaban J connectivity index is 1.95. The van der Waals surface area contributed by atoms with Crippen LogP contribution in [0.1, 0.15) is 17.2 Å². The van der Waals surface area contributed by atoms with E-state index < -0.39 is 6.10 Å². The maximum atomic E-state index is 10.2. The number of aliphatic hydroxyl groups excluding tert-OH is 1. The van der Waals surface area contributed by atoms with Gasteiger partial charge in [-0.3, -0.25) is 4.90 Å². The Morgan fingerprint density at radius 3 is 2.37 bits per heavy atom. The molecule has 0 aliphatic carbocycles. The molecule has 19 heavy (non-hydrogen) atoms. The van der Waals surface area contributed by atoms with Crippen LogP contribution in [0.3, 0.4) is 0 Å². The van der Waals surface area contributed by atoms with Gasteiger partial charge in [-0.15, -0.1) is 0 Å². The molecule has 0 fully saturated rings. The molecule has 0 amide bonds. The fourth-order valence-corrected chi connectivity index (χ4v) is 2.25. The molecule has 1 unspecified atom stereocenters. The van der Waals surface area contributed by atoms with Crippen molar-refractivity contribution < 1.29 is 5.11 Å². The van der Waals surface area contributed by atoms with Gasteiger partial charge in [0.1, 0.15) is 0 Å². The first kappa shape index (κ1) is 14.1. The lowest BCUT2D eigenvalue weighted by atomic mass is 10.1. The molecule has 0 aliphatic heterocycles. The molecule has 2 rings (SSSR count). The van der Waals surface area contributed by atoms with Crippen LogP contribution in [0.4, 0.5) is 0 Å². The zero-order chi connectivity index (χ0) is 13.7. The third kappa shape index (κ3) is 4.06. The van der Waals surface area contributed by atoms with E-state index in [1.54, 1.807) is 0 Å². The van der Waals surface area contributed by atoms with E-state index in [0.29, 0.717) is 6.54 Å². The van der Waals surface area contributed by atoms with Gasteiger partial charge in [-0.1, -0.05) is 60.1 Å². The van der Waals surface area contributed by atoms with Gasteiger partial charge in [-0.2, -0.15) is 0 Å². The minimum absolute atomic E-state index is 0.478. The smallest absolute Gasteiger partial charge is 0.0916 e. The van der Waals surface area contributed by atoms with Gasteiger partial charge in [-0.05, 0) is 24.2 Å². The molecule has 0 bridgehead atoms. The summed E-state index contributed by atoms with van der Waals surface area (Å²) in [4.78, 5) is 2.07. The first-order valence-corrected chi connectivity index (χ1v) is 6.69. The highest BCUT2D eigenvalue weighted by Gasteiger charge is 2.11. The Morgan fingerprint density at radius 1 is 1.05 bits per heavy atom. The molecule has 0 spiro atoms. The second kappa shape index (κ2) is 6.71. The van der Waals surface area contributed by atoms with Crippen LogP contribution < -0.4 is 0 Å². The summed E-state index contributed by atoms with van der Waals surface area (Å²) in [7, 11) is 1.98. The number of nitrogens with zero attached hydrogens (tertiary/aromatic N) is 1. The van der Waals surface area contributed by atoms with Gasteiger partial charge < -0.3 is 5.11 Å². The SMILES string of the molecule is CN(Cc1ccccc1Cl)CC(O)c1ccccc1. The van der Waals surface area contributed by atoms with Gasteiger partial charge in [0.15, 0.2) is 0 Å². The van der Waals surface area contributed by atoms with Crippen LogP contribution in [-0.2, 0) is 6.54 Å². The zero-order valence-corrected chi connectivity index (χ0v) is 11.7. The second-order valence-electron chi connectivity index (χ2n) is 4.71. The summed E-state index contributed by atoms with van der Waals surface area (Å²) in [6, 6.07) is 17.5. The summed E-state index contributed by atoms with van der Waals surface area (Å²) in [6.07, 6.45) is -0.478. The number of benzene rings is 2. The molecule has 0 aliphatic rings. The van der Waals surface area contributed by atoms with Crippen molar-refractivity contribution >= 4 is 11.6 Å². The normalized spacial score (nSPS) is 12.6. The molecular formula is C16H18ClNO. The average molecular weight is 276 g/mol. The highest BCUT2D eigenvalue weighted by molar-refractivity contribution is 6.31. The van der Waals surface area contributed by atoms with E-state index in [4.69, 9.17) is 11.6 Å². The Hall–Kier alpha value is -1.35. The van der Waals surface area contributed by atoms with Crippen molar-refractivity contribution in [3.05, 3.63) is 70.7 Å². The molecular weight excluding hydrogens is 258 g/mol. The summed E-state index contributed by atoms with van der Waals surface area (Å²) in [5.74, 6) is 0. The maximum Gasteiger partial charge on any atom is 0.0916 e. The minimum atomic E-state index is -0.478. The predicted octanol–water partition coefficient (Wildman–Crippen LogP) is 3.51. The van der Waals surface area contributed by atoms with E-state index in [1.165, 1.54) is 0 Å². The van der Waals surface area contributed by atoms with Gasteiger partial charge in [0, 0.05) is 18.1 Å². The van der Waals surface area contributed by atoms with Crippen LogP contribution in [0.25, 0.3) is 0 Å². The first-order chi connectivity index (χ1) is 9.16. The van der Waals surface area contributed by atoms with Gasteiger partial charge in [0.05, 0.1) is 6.10 Å². The monoisotopic (exact) mass is 275 g/mol. The third-order valence-electron chi connectivity index (χ3n) is 3.07. The zero-order valence-electron chi connectivity index (χ0n) is 11.0. The van der Waals surface area contributed by atoms with Crippen molar-refractivity contribution in [1.29, 1.82) is 0 Å². The lowest BCUT2D eigenvalue weighted by molar-refractivity contribution is 0.124. The second-order valence-corrected chi connectivity index (χ2v) is 5.12. The summed E-state index contributed by atoms with van der Waals surface area (Å²) in [6.45, 7) is 1.30. The molecule has 1 N–H and O–H groups in total.